The molecule has 2 heterocycles. The topological polar surface area (TPSA) is 140 Å². The Balaban J connectivity index is 2.50. The van der Waals surface area contributed by atoms with Gasteiger partial charge in [0, 0.05) is 6.20 Å². The number of anilines is 3. The first kappa shape index (κ1) is 11.5. The predicted octanol–water partition coefficient (Wildman–Crippen LogP) is 0.399. The number of H-pyrrole nitrogens is 1. The maximum atomic E-state index is 11.4. The summed E-state index contributed by atoms with van der Waals surface area (Å²) < 4.78 is 0. The zero-order valence-electron chi connectivity index (χ0n) is 8.95. The number of pyridine rings is 1. The molecule has 2 aromatic rings. The van der Waals surface area contributed by atoms with Crippen molar-refractivity contribution in [1.82, 2.24) is 15.0 Å². The maximum Gasteiger partial charge on any atom is 0.376 e. The maximum absolute atomic E-state index is 11.4. The lowest BCUT2D eigenvalue weighted by molar-refractivity contribution is -0.385. The van der Waals surface area contributed by atoms with Crippen molar-refractivity contribution in [2.24, 2.45) is 0 Å². The molecule has 0 bridgehead atoms. The number of nitrogens with two attached hydrogens (primary N) is 1. The third-order valence-electron chi connectivity index (χ3n) is 2.01. The molecule has 0 aromatic carbocycles. The molecule has 9 heteroatoms. The number of nitro groups is 1. The first-order valence-corrected chi connectivity index (χ1v) is 4.80. The number of nitrogens with zero attached hydrogens (tertiary/aromatic N) is 3. The molecule has 18 heavy (non-hydrogen) atoms. The van der Waals surface area contributed by atoms with Crippen LogP contribution in [0, 0.1) is 10.1 Å². The summed E-state index contributed by atoms with van der Waals surface area (Å²) in [6, 6.07) is 4.93. The number of nitrogens with one attached hydrogen (secondary N) is 2. The van der Waals surface area contributed by atoms with Crippen LogP contribution in [0.3, 0.4) is 0 Å². The SMILES string of the molecule is Nc1nc(Nc2ccccn2)c([N+](=O)[O-])c(=O)[nH]1. The number of aromatic nitrogens is 3. The summed E-state index contributed by atoms with van der Waals surface area (Å²) in [5.74, 6) is -0.151. The summed E-state index contributed by atoms with van der Waals surface area (Å²) in [5, 5.41) is 13.4. The Kier molecular flexibility index (Phi) is 2.87. The fourth-order valence-corrected chi connectivity index (χ4v) is 1.30. The Labute approximate surface area is 99.9 Å². The molecular formula is C9H8N6O3. The van der Waals surface area contributed by atoms with Gasteiger partial charge in [-0.05, 0) is 12.1 Å². The summed E-state index contributed by atoms with van der Waals surface area (Å²) in [6.45, 7) is 0. The van der Waals surface area contributed by atoms with Gasteiger partial charge < -0.3 is 11.1 Å². The Morgan fingerprint density at radius 2 is 2.22 bits per heavy atom. The van der Waals surface area contributed by atoms with E-state index in [1.807, 2.05) is 0 Å². The van der Waals surface area contributed by atoms with Gasteiger partial charge in [0.05, 0.1) is 4.92 Å². The van der Waals surface area contributed by atoms with Gasteiger partial charge in [-0.2, -0.15) is 4.98 Å². The molecule has 0 aliphatic rings. The van der Waals surface area contributed by atoms with E-state index in [0.717, 1.165) is 0 Å². The van der Waals surface area contributed by atoms with Crippen LogP contribution < -0.4 is 16.6 Å². The lowest BCUT2D eigenvalue weighted by atomic mass is 10.4. The van der Waals surface area contributed by atoms with Crippen molar-refractivity contribution in [2.75, 3.05) is 11.1 Å². The highest BCUT2D eigenvalue weighted by Gasteiger charge is 2.22. The fourth-order valence-electron chi connectivity index (χ4n) is 1.30. The molecule has 0 aliphatic carbocycles. The van der Waals surface area contributed by atoms with Gasteiger partial charge in [0.1, 0.15) is 5.82 Å². The Hall–Kier alpha value is -2.97. The quantitative estimate of drug-likeness (QED) is 0.527. The molecular weight excluding hydrogens is 240 g/mol. The molecule has 0 spiro atoms. The zero-order chi connectivity index (χ0) is 13.1. The van der Waals surface area contributed by atoms with Gasteiger partial charge in [0.15, 0.2) is 0 Å². The van der Waals surface area contributed by atoms with Gasteiger partial charge in [0.2, 0.25) is 11.8 Å². The number of hydrogen-bond donors (Lipinski definition) is 3. The molecule has 0 aliphatic heterocycles. The Morgan fingerprint density at radius 1 is 1.44 bits per heavy atom. The van der Waals surface area contributed by atoms with Crippen molar-refractivity contribution in [3.8, 4) is 0 Å². The summed E-state index contributed by atoms with van der Waals surface area (Å²) in [5.41, 5.74) is 3.69. The minimum atomic E-state index is -0.925. The van der Waals surface area contributed by atoms with E-state index < -0.39 is 16.2 Å². The summed E-state index contributed by atoms with van der Waals surface area (Å²) in [6.07, 6.45) is 1.49. The molecule has 2 rings (SSSR count). The van der Waals surface area contributed by atoms with E-state index in [9.17, 15) is 14.9 Å². The fraction of sp³-hybridized carbons (Fsp3) is 0. The summed E-state index contributed by atoms with van der Waals surface area (Å²) >= 11 is 0. The van der Waals surface area contributed by atoms with Gasteiger partial charge >= 0.3 is 11.2 Å². The number of rotatable bonds is 3. The lowest BCUT2D eigenvalue weighted by Gasteiger charge is -2.04. The van der Waals surface area contributed by atoms with Crippen molar-refractivity contribution in [1.29, 1.82) is 0 Å². The molecule has 0 atom stereocenters. The van der Waals surface area contributed by atoms with Crippen LogP contribution in [-0.4, -0.2) is 19.9 Å². The molecule has 0 amide bonds. The van der Waals surface area contributed by atoms with Crippen LogP contribution in [0.4, 0.5) is 23.3 Å². The molecule has 4 N–H and O–H groups in total. The Morgan fingerprint density at radius 3 is 2.83 bits per heavy atom. The molecule has 92 valence electrons. The third kappa shape index (κ3) is 2.24. The highest BCUT2D eigenvalue weighted by Crippen LogP contribution is 2.20. The van der Waals surface area contributed by atoms with Gasteiger partial charge in [0.25, 0.3) is 0 Å². The first-order valence-electron chi connectivity index (χ1n) is 4.80. The lowest BCUT2D eigenvalue weighted by Crippen LogP contribution is -2.17. The van der Waals surface area contributed by atoms with Gasteiger partial charge in [-0.25, -0.2) is 4.98 Å². The van der Waals surface area contributed by atoms with E-state index in [2.05, 4.69) is 20.3 Å². The minimum absolute atomic E-state index is 0.218. The normalized spacial score (nSPS) is 10.0. The van der Waals surface area contributed by atoms with E-state index in [1.54, 1.807) is 18.2 Å². The zero-order valence-corrected chi connectivity index (χ0v) is 8.95. The molecule has 0 saturated heterocycles. The van der Waals surface area contributed by atoms with Crippen molar-refractivity contribution in [3.63, 3.8) is 0 Å². The highest BCUT2D eigenvalue weighted by molar-refractivity contribution is 5.63. The molecule has 0 unspecified atom stereocenters. The van der Waals surface area contributed by atoms with Crippen molar-refractivity contribution in [3.05, 3.63) is 44.9 Å². The van der Waals surface area contributed by atoms with Crippen LogP contribution in [0.1, 0.15) is 0 Å². The van der Waals surface area contributed by atoms with Crippen LogP contribution in [0.25, 0.3) is 0 Å². The summed E-state index contributed by atoms with van der Waals surface area (Å²) in [7, 11) is 0. The molecule has 0 radical (unpaired) electrons. The van der Waals surface area contributed by atoms with E-state index in [4.69, 9.17) is 5.73 Å². The molecule has 2 aromatic heterocycles. The number of nitrogen functional groups attached to an aromatic ring is 1. The third-order valence-corrected chi connectivity index (χ3v) is 2.01. The number of hydrogen-bond acceptors (Lipinski definition) is 7. The monoisotopic (exact) mass is 248 g/mol. The van der Waals surface area contributed by atoms with E-state index in [1.165, 1.54) is 6.20 Å². The van der Waals surface area contributed by atoms with Crippen LogP contribution >= 0.6 is 0 Å². The first-order chi connectivity index (χ1) is 8.58. The smallest absolute Gasteiger partial charge is 0.369 e. The Bertz CT molecular complexity index is 638. The van der Waals surface area contributed by atoms with Gasteiger partial charge in [-0.1, -0.05) is 6.07 Å². The van der Waals surface area contributed by atoms with Crippen LogP contribution in [0.2, 0.25) is 0 Å². The predicted molar refractivity (Wildman–Crippen MR) is 63.4 cm³/mol. The summed E-state index contributed by atoms with van der Waals surface area (Å²) in [4.78, 5) is 31.0. The second-order valence-electron chi connectivity index (χ2n) is 3.25. The van der Waals surface area contributed by atoms with Gasteiger partial charge in [-0.3, -0.25) is 19.9 Å². The highest BCUT2D eigenvalue weighted by atomic mass is 16.6. The molecule has 0 saturated carbocycles. The largest absolute Gasteiger partial charge is 0.376 e. The second-order valence-corrected chi connectivity index (χ2v) is 3.25. The van der Waals surface area contributed by atoms with Crippen molar-refractivity contribution < 1.29 is 4.92 Å². The van der Waals surface area contributed by atoms with Crippen molar-refractivity contribution in [2.45, 2.75) is 0 Å². The van der Waals surface area contributed by atoms with Gasteiger partial charge in [-0.15, -0.1) is 0 Å². The molecule has 9 nitrogen and oxygen atoms in total. The van der Waals surface area contributed by atoms with Crippen LogP contribution in [0.5, 0.6) is 0 Å². The van der Waals surface area contributed by atoms with Crippen LogP contribution in [0.15, 0.2) is 29.2 Å². The van der Waals surface area contributed by atoms with Crippen molar-refractivity contribution >= 4 is 23.3 Å². The van der Waals surface area contributed by atoms with E-state index in [0.29, 0.717) is 5.82 Å². The molecule has 0 fully saturated rings. The number of aromatic amines is 1. The average molecular weight is 248 g/mol. The second kappa shape index (κ2) is 4.49. The minimum Gasteiger partial charge on any atom is -0.369 e. The standard InChI is InChI=1S/C9H8N6O3/c10-9-13-7(6(15(17)18)8(16)14-9)12-5-3-1-2-4-11-5/h1-4H,(H4,10,11,12,13,14,16). The van der Waals surface area contributed by atoms with E-state index in [-0.39, 0.29) is 11.8 Å². The average Bonchev–Trinajstić information content (AvgIpc) is 2.28. The van der Waals surface area contributed by atoms with Crippen LogP contribution in [-0.2, 0) is 0 Å². The van der Waals surface area contributed by atoms with E-state index >= 15 is 0 Å².